The molecular weight excluding hydrogens is 288 g/mol. The van der Waals surface area contributed by atoms with Crippen molar-refractivity contribution in [3.8, 4) is 0 Å². The van der Waals surface area contributed by atoms with Crippen LogP contribution in [-0.4, -0.2) is 70.0 Å². The van der Waals surface area contributed by atoms with Gasteiger partial charge in [0.25, 0.3) is 10.2 Å². The van der Waals surface area contributed by atoms with Crippen molar-refractivity contribution in [3.05, 3.63) is 0 Å². The molecule has 1 saturated carbocycles. The first-order chi connectivity index (χ1) is 9.99. The van der Waals surface area contributed by atoms with Gasteiger partial charge in [0.15, 0.2) is 0 Å². The van der Waals surface area contributed by atoms with Crippen molar-refractivity contribution in [2.24, 2.45) is 0 Å². The Morgan fingerprint density at radius 1 is 1.05 bits per heavy atom. The summed E-state index contributed by atoms with van der Waals surface area (Å²) in [6.07, 6.45) is 4.23. The van der Waals surface area contributed by atoms with E-state index in [9.17, 15) is 8.42 Å². The molecule has 0 radical (unpaired) electrons. The molecule has 0 aromatic carbocycles. The standard InChI is InChI=1S/C14H32N4O2S/c1-4-18(5-2)13-7-11-16-21(19,20)17(3)12-6-10-15-14-8-9-14/h14-16H,4-13H2,1-3H3. The SMILES string of the molecule is CCN(CC)CCCNS(=O)(=O)N(C)CCCNC1CC1. The van der Waals surface area contributed by atoms with Crippen molar-refractivity contribution in [3.63, 3.8) is 0 Å². The van der Waals surface area contributed by atoms with E-state index in [0.29, 0.717) is 19.1 Å². The van der Waals surface area contributed by atoms with Crippen LogP contribution in [0, 0.1) is 0 Å². The summed E-state index contributed by atoms with van der Waals surface area (Å²) >= 11 is 0. The lowest BCUT2D eigenvalue weighted by Crippen LogP contribution is -2.40. The minimum atomic E-state index is -3.32. The molecule has 0 amide bonds. The van der Waals surface area contributed by atoms with Crippen LogP contribution in [0.3, 0.4) is 0 Å². The van der Waals surface area contributed by atoms with Gasteiger partial charge in [-0.15, -0.1) is 0 Å². The van der Waals surface area contributed by atoms with E-state index >= 15 is 0 Å². The lowest BCUT2D eigenvalue weighted by molar-refractivity contribution is 0.300. The Morgan fingerprint density at radius 2 is 1.67 bits per heavy atom. The van der Waals surface area contributed by atoms with Gasteiger partial charge in [-0.25, -0.2) is 4.72 Å². The minimum absolute atomic E-state index is 0.503. The molecular formula is C14H32N4O2S. The summed E-state index contributed by atoms with van der Waals surface area (Å²) < 4.78 is 28.2. The Labute approximate surface area is 130 Å². The van der Waals surface area contributed by atoms with Crippen molar-refractivity contribution < 1.29 is 8.42 Å². The molecule has 0 aromatic heterocycles. The molecule has 1 aliphatic carbocycles. The number of hydrogen-bond donors (Lipinski definition) is 2. The topological polar surface area (TPSA) is 64.7 Å². The molecule has 0 saturated heterocycles. The molecule has 0 bridgehead atoms. The van der Waals surface area contributed by atoms with E-state index in [1.54, 1.807) is 7.05 Å². The molecule has 0 unspecified atom stereocenters. The lowest BCUT2D eigenvalue weighted by Gasteiger charge is -2.20. The maximum absolute atomic E-state index is 12.0. The fourth-order valence-electron chi connectivity index (χ4n) is 2.17. The van der Waals surface area contributed by atoms with Gasteiger partial charge >= 0.3 is 0 Å². The normalized spacial score (nSPS) is 16.0. The van der Waals surface area contributed by atoms with Gasteiger partial charge in [-0.05, 0) is 51.9 Å². The van der Waals surface area contributed by atoms with Crippen molar-refractivity contribution >= 4 is 10.2 Å². The number of nitrogens with one attached hydrogen (secondary N) is 2. The highest BCUT2D eigenvalue weighted by Gasteiger charge is 2.20. The van der Waals surface area contributed by atoms with Crippen LogP contribution in [0.5, 0.6) is 0 Å². The highest BCUT2D eigenvalue weighted by atomic mass is 32.2. The molecule has 0 spiro atoms. The molecule has 1 aliphatic rings. The lowest BCUT2D eigenvalue weighted by atomic mass is 10.4. The summed E-state index contributed by atoms with van der Waals surface area (Å²) in [7, 11) is -1.68. The third kappa shape index (κ3) is 8.11. The zero-order valence-electron chi connectivity index (χ0n) is 13.8. The van der Waals surface area contributed by atoms with Gasteiger partial charge in [0.1, 0.15) is 0 Å². The smallest absolute Gasteiger partial charge is 0.279 e. The van der Waals surface area contributed by atoms with Crippen LogP contribution in [0.2, 0.25) is 0 Å². The largest absolute Gasteiger partial charge is 0.314 e. The summed E-state index contributed by atoms with van der Waals surface area (Å²) in [5, 5.41) is 3.39. The fourth-order valence-corrected chi connectivity index (χ4v) is 3.16. The molecule has 0 heterocycles. The van der Waals surface area contributed by atoms with Crippen LogP contribution in [0.4, 0.5) is 0 Å². The summed E-state index contributed by atoms with van der Waals surface area (Å²) in [6, 6.07) is 0.685. The first-order valence-corrected chi connectivity index (χ1v) is 9.60. The Kier molecular flexibility index (Phi) is 8.73. The highest BCUT2D eigenvalue weighted by molar-refractivity contribution is 7.87. The molecule has 7 heteroatoms. The number of hydrogen-bond acceptors (Lipinski definition) is 4. The summed E-state index contributed by atoms with van der Waals surface area (Å²) in [6.45, 7) is 9.16. The fraction of sp³-hybridized carbons (Fsp3) is 1.00. The van der Waals surface area contributed by atoms with Crippen LogP contribution < -0.4 is 10.0 Å². The molecule has 1 rings (SSSR count). The van der Waals surface area contributed by atoms with Crippen LogP contribution >= 0.6 is 0 Å². The van der Waals surface area contributed by atoms with Gasteiger partial charge in [-0.3, -0.25) is 0 Å². The van der Waals surface area contributed by atoms with Crippen LogP contribution in [0.15, 0.2) is 0 Å². The van der Waals surface area contributed by atoms with E-state index in [-0.39, 0.29) is 0 Å². The molecule has 21 heavy (non-hydrogen) atoms. The second-order valence-electron chi connectivity index (χ2n) is 5.68. The van der Waals surface area contributed by atoms with E-state index < -0.39 is 10.2 Å². The Balaban J connectivity index is 2.11. The van der Waals surface area contributed by atoms with Gasteiger partial charge in [-0.1, -0.05) is 13.8 Å². The molecule has 0 aliphatic heterocycles. The van der Waals surface area contributed by atoms with Crippen LogP contribution in [0.25, 0.3) is 0 Å². The third-order valence-corrected chi connectivity index (χ3v) is 5.47. The van der Waals surface area contributed by atoms with Crippen molar-refractivity contribution in [1.82, 2.24) is 19.2 Å². The summed E-state index contributed by atoms with van der Waals surface area (Å²) in [4.78, 5) is 2.29. The second kappa shape index (κ2) is 9.74. The Bertz CT molecular complexity index is 367. The summed E-state index contributed by atoms with van der Waals surface area (Å²) in [5.41, 5.74) is 0. The zero-order valence-corrected chi connectivity index (χ0v) is 14.6. The molecule has 1 fully saturated rings. The first kappa shape index (κ1) is 18.8. The van der Waals surface area contributed by atoms with Gasteiger partial charge in [0.2, 0.25) is 0 Å². The van der Waals surface area contributed by atoms with Crippen LogP contribution in [-0.2, 0) is 10.2 Å². The van der Waals surface area contributed by atoms with Crippen molar-refractivity contribution in [1.29, 1.82) is 0 Å². The number of nitrogens with zero attached hydrogens (tertiary/aromatic N) is 2. The second-order valence-corrected chi connectivity index (χ2v) is 7.55. The van der Waals surface area contributed by atoms with Crippen molar-refractivity contribution in [2.45, 2.75) is 45.6 Å². The zero-order chi connectivity index (χ0) is 15.7. The monoisotopic (exact) mass is 320 g/mol. The van der Waals surface area contributed by atoms with E-state index in [1.165, 1.54) is 17.1 Å². The highest BCUT2D eigenvalue weighted by Crippen LogP contribution is 2.18. The third-order valence-electron chi connectivity index (χ3n) is 3.90. The van der Waals surface area contributed by atoms with Crippen LogP contribution in [0.1, 0.15) is 39.5 Å². The van der Waals surface area contributed by atoms with E-state index in [4.69, 9.17) is 0 Å². The summed E-state index contributed by atoms with van der Waals surface area (Å²) in [5.74, 6) is 0. The predicted octanol–water partition coefficient (Wildman–Crippen LogP) is 0.627. The van der Waals surface area contributed by atoms with E-state index in [1.807, 2.05) is 0 Å². The average molecular weight is 321 g/mol. The van der Waals surface area contributed by atoms with E-state index in [2.05, 4.69) is 28.8 Å². The number of rotatable bonds is 13. The van der Waals surface area contributed by atoms with Crippen molar-refractivity contribution in [2.75, 3.05) is 46.3 Å². The van der Waals surface area contributed by atoms with Gasteiger partial charge in [0.05, 0.1) is 0 Å². The molecule has 6 nitrogen and oxygen atoms in total. The minimum Gasteiger partial charge on any atom is -0.314 e. The molecule has 0 aromatic rings. The van der Waals surface area contributed by atoms with Gasteiger partial charge in [-0.2, -0.15) is 12.7 Å². The van der Waals surface area contributed by atoms with E-state index in [0.717, 1.165) is 39.0 Å². The predicted molar refractivity (Wildman–Crippen MR) is 87.6 cm³/mol. The molecule has 0 atom stereocenters. The van der Waals surface area contributed by atoms with Gasteiger partial charge < -0.3 is 10.2 Å². The maximum Gasteiger partial charge on any atom is 0.279 e. The Morgan fingerprint density at radius 3 is 2.24 bits per heavy atom. The molecule has 126 valence electrons. The molecule has 2 N–H and O–H groups in total. The quantitative estimate of drug-likeness (QED) is 0.489. The Hall–Kier alpha value is -0.210. The first-order valence-electron chi connectivity index (χ1n) is 8.16. The van der Waals surface area contributed by atoms with Gasteiger partial charge in [0, 0.05) is 26.2 Å². The average Bonchev–Trinajstić information content (AvgIpc) is 3.27. The maximum atomic E-state index is 12.0.